The molecule has 0 atom stereocenters. The standard InChI is InChI=1S/C16H23N5O2S/c1-16(2,3)21-9-12(8-17-21)14(22)19-15-18-13(11-24-15)10-20-4-6-23-7-5-20/h8-9,11H,4-7,10H2,1-3H3,(H,18,19,22). The summed E-state index contributed by atoms with van der Waals surface area (Å²) in [4.78, 5) is 19.1. The SMILES string of the molecule is CC(C)(C)n1cc(C(=O)Nc2nc(CN3CCOCC3)cs2)cn1. The maximum Gasteiger partial charge on any atom is 0.260 e. The van der Waals surface area contributed by atoms with Gasteiger partial charge in [0.2, 0.25) is 0 Å². The first-order valence-electron chi connectivity index (χ1n) is 8.03. The number of anilines is 1. The van der Waals surface area contributed by atoms with E-state index < -0.39 is 0 Å². The third kappa shape index (κ3) is 4.19. The van der Waals surface area contributed by atoms with Crippen molar-refractivity contribution in [3.05, 3.63) is 29.0 Å². The van der Waals surface area contributed by atoms with Crippen molar-refractivity contribution in [1.82, 2.24) is 19.7 Å². The number of amides is 1. The molecule has 3 heterocycles. The predicted molar refractivity (Wildman–Crippen MR) is 93.4 cm³/mol. The van der Waals surface area contributed by atoms with E-state index >= 15 is 0 Å². The summed E-state index contributed by atoms with van der Waals surface area (Å²) in [7, 11) is 0. The van der Waals surface area contributed by atoms with Gasteiger partial charge in [-0.05, 0) is 20.8 Å². The van der Waals surface area contributed by atoms with Crippen molar-refractivity contribution in [3.8, 4) is 0 Å². The highest BCUT2D eigenvalue weighted by atomic mass is 32.1. The smallest absolute Gasteiger partial charge is 0.260 e. The molecule has 1 N–H and O–H groups in total. The van der Waals surface area contributed by atoms with Crippen LogP contribution in [0.15, 0.2) is 17.8 Å². The Morgan fingerprint density at radius 2 is 2.12 bits per heavy atom. The normalized spacial score (nSPS) is 16.3. The van der Waals surface area contributed by atoms with Crippen LogP contribution in [0.25, 0.3) is 0 Å². The lowest BCUT2D eigenvalue weighted by molar-refractivity contribution is 0.0337. The molecule has 1 amide bonds. The van der Waals surface area contributed by atoms with E-state index in [0.29, 0.717) is 10.7 Å². The third-order valence-corrected chi connectivity index (χ3v) is 4.60. The van der Waals surface area contributed by atoms with E-state index in [9.17, 15) is 4.79 Å². The van der Waals surface area contributed by atoms with Gasteiger partial charge in [0.1, 0.15) is 0 Å². The summed E-state index contributed by atoms with van der Waals surface area (Å²) in [6.45, 7) is 10.3. The molecule has 3 rings (SSSR count). The van der Waals surface area contributed by atoms with Crippen molar-refractivity contribution in [1.29, 1.82) is 0 Å². The molecule has 0 bridgehead atoms. The van der Waals surface area contributed by atoms with Gasteiger partial charge in [0, 0.05) is 31.2 Å². The quantitative estimate of drug-likeness (QED) is 0.916. The summed E-state index contributed by atoms with van der Waals surface area (Å²) in [6.07, 6.45) is 3.35. The number of ether oxygens (including phenoxy) is 1. The fourth-order valence-corrected chi connectivity index (χ4v) is 3.10. The first kappa shape index (κ1) is 17.1. The molecule has 1 saturated heterocycles. The number of hydrogen-bond donors (Lipinski definition) is 1. The van der Waals surface area contributed by atoms with Gasteiger partial charge in [-0.15, -0.1) is 11.3 Å². The van der Waals surface area contributed by atoms with Crippen LogP contribution in [0.1, 0.15) is 36.8 Å². The fourth-order valence-electron chi connectivity index (χ4n) is 2.40. The topological polar surface area (TPSA) is 72.3 Å². The summed E-state index contributed by atoms with van der Waals surface area (Å²) in [5, 5.41) is 9.71. The van der Waals surface area contributed by atoms with E-state index in [4.69, 9.17) is 4.74 Å². The predicted octanol–water partition coefficient (Wildman–Crippen LogP) is 2.18. The third-order valence-electron chi connectivity index (χ3n) is 3.79. The molecular formula is C16H23N5O2S. The average molecular weight is 349 g/mol. The first-order chi connectivity index (χ1) is 11.4. The zero-order valence-electron chi connectivity index (χ0n) is 14.3. The zero-order valence-corrected chi connectivity index (χ0v) is 15.1. The highest BCUT2D eigenvalue weighted by Crippen LogP contribution is 2.19. The van der Waals surface area contributed by atoms with Crippen LogP contribution in [0, 0.1) is 0 Å². The number of nitrogens with zero attached hydrogens (tertiary/aromatic N) is 4. The molecule has 0 aliphatic carbocycles. The molecule has 2 aromatic heterocycles. The monoisotopic (exact) mass is 349 g/mol. The van der Waals surface area contributed by atoms with Crippen LogP contribution >= 0.6 is 11.3 Å². The molecule has 8 heteroatoms. The first-order valence-corrected chi connectivity index (χ1v) is 8.91. The Kier molecular flexibility index (Phi) is 4.98. The van der Waals surface area contributed by atoms with Crippen LogP contribution in [0.2, 0.25) is 0 Å². The van der Waals surface area contributed by atoms with Gasteiger partial charge < -0.3 is 4.74 Å². The fraction of sp³-hybridized carbons (Fsp3) is 0.562. The summed E-state index contributed by atoms with van der Waals surface area (Å²) in [5.74, 6) is -0.183. The molecule has 1 fully saturated rings. The van der Waals surface area contributed by atoms with Crippen LogP contribution < -0.4 is 5.32 Å². The Morgan fingerprint density at radius 3 is 2.79 bits per heavy atom. The number of rotatable bonds is 4. The Balaban J connectivity index is 1.59. The zero-order chi connectivity index (χ0) is 17.2. The van der Waals surface area contributed by atoms with Crippen LogP contribution in [0.5, 0.6) is 0 Å². The van der Waals surface area contributed by atoms with E-state index in [1.165, 1.54) is 11.3 Å². The Hall–Kier alpha value is -1.77. The van der Waals surface area contributed by atoms with Crippen molar-refractivity contribution in [2.45, 2.75) is 32.9 Å². The number of hydrogen-bond acceptors (Lipinski definition) is 6. The van der Waals surface area contributed by atoms with Gasteiger partial charge in [-0.1, -0.05) is 0 Å². The number of nitrogens with one attached hydrogen (secondary N) is 1. The molecule has 0 spiro atoms. The van der Waals surface area contributed by atoms with Crippen molar-refractivity contribution in [2.24, 2.45) is 0 Å². The largest absolute Gasteiger partial charge is 0.379 e. The number of carbonyl (C=O) groups excluding carboxylic acids is 1. The van der Waals surface area contributed by atoms with Gasteiger partial charge in [0.05, 0.1) is 36.2 Å². The van der Waals surface area contributed by atoms with E-state index in [-0.39, 0.29) is 11.4 Å². The maximum atomic E-state index is 12.3. The number of thiazole rings is 1. The van der Waals surface area contributed by atoms with Gasteiger partial charge in [-0.2, -0.15) is 5.10 Å². The highest BCUT2D eigenvalue weighted by Gasteiger charge is 2.18. The molecule has 0 radical (unpaired) electrons. The van der Waals surface area contributed by atoms with Gasteiger partial charge in [0.25, 0.3) is 5.91 Å². The van der Waals surface area contributed by atoms with Crippen LogP contribution in [-0.2, 0) is 16.8 Å². The van der Waals surface area contributed by atoms with E-state index in [1.54, 1.807) is 17.1 Å². The van der Waals surface area contributed by atoms with E-state index in [1.807, 2.05) is 26.2 Å². The molecule has 1 aliphatic rings. The van der Waals surface area contributed by atoms with Crippen molar-refractivity contribution in [3.63, 3.8) is 0 Å². The number of aromatic nitrogens is 3. The molecule has 0 unspecified atom stereocenters. The minimum absolute atomic E-state index is 0.148. The summed E-state index contributed by atoms with van der Waals surface area (Å²) in [6, 6.07) is 0. The maximum absolute atomic E-state index is 12.3. The highest BCUT2D eigenvalue weighted by molar-refractivity contribution is 7.13. The molecular weight excluding hydrogens is 326 g/mol. The minimum Gasteiger partial charge on any atom is -0.379 e. The van der Waals surface area contributed by atoms with Crippen molar-refractivity contribution < 1.29 is 9.53 Å². The lowest BCUT2D eigenvalue weighted by atomic mass is 10.1. The van der Waals surface area contributed by atoms with Gasteiger partial charge in [-0.3, -0.25) is 19.7 Å². The Bertz CT molecular complexity index is 697. The summed E-state index contributed by atoms with van der Waals surface area (Å²) in [5.41, 5.74) is 1.36. The molecule has 0 aromatic carbocycles. The lowest BCUT2D eigenvalue weighted by Gasteiger charge is -2.25. The van der Waals surface area contributed by atoms with Gasteiger partial charge >= 0.3 is 0 Å². The van der Waals surface area contributed by atoms with Crippen LogP contribution in [-0.4, -0.2) is 51.9 Å². The van der Waals surface area contributed by atoms with Crippen LogP contribution in [0.3, 0.4) is 0 Å². The molecule has 2 aromatic rings. The molecule has 0 saturated carbocycles. The summed E-state index contributed by atoms with van der Waals surface area (Å²) >= 11 is 1.45. The van der Waals surface area contributed by atoms with Crippen LogP contribution in [0.4, 0.5) is 5.13 Å². The lowest BCUT2D eigenvalue weighted by Crippen LogP contribution is -2.35. The molecule has 24 heavy (non-hydrogen) atoms. The second-order valence-electron chi connectivity index (χ2n) is 6.83. The number of carbonyl (C=O) groups is 1. The van der Waals surface area contributed by atoms with Crippen molar-refractivity contribution in [2.75, 3.05) is 31.6 Å². The minimum atomic E-state index is -0.183. The average Bonchev–Trinajstić information content (AvgIpc) is 3.17. The van der Waals surface area contributed by atoms with Gasteiger partial charge in [0.15, 0.2) is 5.13 Å². The van der Waals surface area contributed by atoms with Crippen molar-refractivity contribution >= 4 is 22.4 Å². The van der Waals surface area contributed by atoms with E-state index in [0.717, 1.165) is 38.5 Å². The Morgan fingerprint density at radius 1 is 1.38 bits per heavy atom. The summed E-state index contributed by atoms with van der Waals surface area (Å²) < 4.78 is 7.13. The second-order valence-corrected chi connectivity index (χ2v) is 7.69. The van der Waals surface area contributed by atoms with Gasteiger partial charge in [-0.25, -0.2) is 4.98 Å². The number of morpholine rings is 1. The molecule has 130 valence electrons. The second kappa shape index (κ2) is 7.00. The Labute approximate surface area is 145 Å². The van der Waals surface area contributed by atoms with E-state index in [2.05, 4.69) is 20.3 Å². The molecule has 7 nitrogen and oxygen atoms in total. The molecule has 1 aliphatic heterocycles.